The lowest BCUT2D eigenvalue weighted by atomic mass is 9.91. The summed E-state index contributed by atoms with van der Waals surface area (Å²) in [5.74, 6) is 0.553. The SMILES string of the molecule is N#Cc1cc(C#N)c(-c2ccc3c(c2)c2cc(-c4c(C#N)cc(C#N)cc4C#N)ccc2n3-c2c(-c3cccc(-n4c5ccccc5c5ccccc54)c3)cc(-c3cc(-c4ccccc4)nc(-c4ccccc4)n3)cc2-c2cccc(-n3c4ccccc4c4ccccc43)c2)c(C#N)c1. The van der Waals surface area contributed by atoms with Gasteiger partial charge in [0.25, 0.3) is 0 Å². The molecule has 17 aromatic rings. The molecule has 0 unspecified atom stereocenters. The number of hydrogen-bond acceptors (Lipinski definition) is 8. The molecule has 0 aliphatic carbocycles. The molecule has 11 nitrogen and oxygen atoms in total. The van der Waals surface area contributed by atoms with Gasteiger partial charge in [0.1, 0.15) is 0 Å². The summed E-state index contributed by atoms with van der Waals surface area (Å²) in [6, 6.07) is 109. The summed E-state index contributed by atoms with van der Waals surface area (Å²) < 4.78 is 6.92. The smallest absolute Gasteiger partial charge is 0.160 e. The molecule has 13 aromatic carbocycles. The third-order valence-corrected chi connectivity index (χ3v) is 18.8. The molecule has 0 N–H and O–H groups in total. The molecule has 0 bridgehead atoms. The van der Waals surface area contributed by atoms with Crippen molar-refractivity contribution in [2.45, 2.75) is 0 Å². The zero-order valence-corrected chi connectivity index (χ0v) is 52.6. The van der Waals surface area contributed by atoms with Crippen LogP contribution in [-0.4, -0.2) is 23.7 Å². The molecule has 0 atom stereocenters. The van der Waals surface area contributed by atoms with Gasteiger partial charge in [-0.3, -0.25) is 0 Å². The zero-order chi connectivity index (χ0) is 66.8. The Kier molecular flexibility index (Phi) is 13.9. The molecule has 0 aliphatic rings. The quantitative estimate of drug-likeness (QED) is 0.130. The number of nitriles is 6. The first-order chi connectivity index (χ1) is 48.8. The molecular weight excluding hydrogens is 1210 g/mol. The van der Waals surface area contributed by atoms with Gasteiger partial charge in [0.15, 0.2) is 5.82 Å². The molecule has 17 rings (SSSR count). The molecule has 4 heterocycles. The van der Waals surface area contributed by atoms with Crippen LogP contribution in [0.1, 0.15) is 33.4 Å². The molecule has 454 valence electrons. The van der Waals surface area contributed by atoms with Crippen LogP contribution in [0.5, 0.6) is 0 Å². The summed E-state index contributed by atoms with van der Waals surface area (Å²) in [5, 5.41) is 69.3. The van der Waals surface area contributed by atoms with E-state index >= 15 is 0 Å². The van der Waals surface area contributed by atoms with Crippen molar-refractivity contribution in [2.75, 3.05) is 0 Å². The number of fused-ring (bicyclic) bond motifs is 9. The molecule has 11 heteroatoms. The lowest BCUT2D eigenvalue weighted by Crippen LogP contribution is -2.04. The van der Waals surface area contributed by atoms with Gasteiger partial charge < -0.3 is 13.7 Å². The first kappa shape index (κ1) is 58.1. The van der Waals surface area contributed by atoms with E-state index in [-0.39, 0.29) is 33.4 Å². The van der Waals surface area contributed by atoms with E-state index in [0.29, 0.717) is 44.5 Å². The highest BCUT2D eigenvalue weighted by molar-refractivity contribution is 6.15. The third kappa shape index (κ3) is 9.61. The molecule has 4 aromatic heterocycles. The molecular formula is C88H47N11. The van der Waals surface area contributed by atoms with Crippen molar-refractivity contribution in [1.82, 2.24) is 23.7 Å². The van der Waals surface area contributed by atoms with Gasteiger partial charge in [0.05, 0.1) is 120 Å². The highest BCUT2D eigenvalue weighted by Gasteiger charge is 2.27. The number of aromatic nitrogens is 5. The topological polar surface area (TPSA) is 183 Å². The van der Waals surface area contributed by atoms with E-state index in [0.717, 1.165) is 116 Å². The maximum atomic E-state index is 10.8. The van der Waals surface area contributed by atoms with Crippen LogP contribution in [0.4, 0.5) is 0 Å². The van der Waals surface area contributed by atoms with Crippen molar-refractivity contribution in [3.8, 4) is 132 Å². The predicted molar refractivity (Wildman–Crippen MR) is 391 cm³/mol. The van der Waals surface area contributed by atoms with Crippen LogP contribution in [0.2, 0.25) is 0 Å². The average Bonchev–Trinajstić information content (AvgIpc) is 1.61. The van der Waals surface area contributed by atoms with Crippen molar-refractivity contribution in [3.63, 3.8) is 0 Å². The lowest BCUT2D eigenvalue weighted by molar-refractivity contribution is 1.16. The minimum Gasteiger partial charge on any atom is -0.309 e. The molecule has 0 radical (unpaired) electrons. The van der Waals surface area contributed by atoms with Gasteiger partial charge >= 0.3 is 0 Å². The van der Waals surface area contributed by atoms with Gasteiger partial charge in [-0.1, -0.05) is 170 Å². The van der Waals surface area contributed by atoms with E-state index in [4.69, 9.17) is 9.97 Å². The fourth-order valence-corrected chi connectivity index (χ4v) is 14.5. The average molecular weight is 1260 g/mol. The molecule has 0 saturated carbocycles. The van der Waals surface area contributed by atoms with E-state index in [1.54, 1.807) is 0 Å². The Bertz CT molecular complexity index is 6000. The third-order valence-electron chi connectivity index (χ3n) is 18.8. The van der Waals surface area contributed by atoms with Crippen molar-refractivity contribution in [3.05, 3.63) is 318 Å². The summed E-state index contributed by atoms with van der Waals surface area (Å²) in [7, 11) is 0. The van der Waals surface area contributed by atoms with E-state index < -0.39 is 0 Å². The van der Waals surface area contributed by atoms with Crippen molar-refractivity contribution >= 4 is 65.4 Å². The second-order valence-corrected chi connectivity index (χ2v) is 24.3. The van der Waals surface area contributed by atoms with Crippen LogP contribution in [0.25, 0.3) is 161 Å². The number of benzene rings is 13. The summed E-state index contributed by atoms with van der Waals surface area (Å²) in [6.45, 7) is 0. The summed E-state index contributed by atoms with van der Waals surface area (Å²) in [6.07, 6.45) is 0. The van der Waals surface area contributed by atoms with Crippen LogP contribution >= 0.6 is 0 Å². The zero-order valence-electron chi connectivity index (χ0n) is 52.6. The fourth-order valence-electron chi connectivity index (χ4n) is 14.5. The van der Waals surface area contributed by atoms with E-state index in [2.05, 4.69) is 226 Å². The first-order valence-corrected chi connectivity index (χ1v) is 32.0. The Hall–Kier alpha value is -14.7. The predicted octanol–water partition coefficient (Wildman–Crippen LogP) is 20.7. The normalized spacial score (nSPS) is 11.2. The highest BCUT2D eigenvalue weighted by atomic mass is 15.0. The number of nitrogens with zero attached hydrogens (tertiary/aromatic N) is 11. The van der Waals surface area contributed by atoms with Gasteiger partial charge in [-0.05, 0) is 138 Å². The maximum absolute atomic E-state index is 10.8. The molecule has 0 saturated heterocycles. The summed E-state index contributed by atoms with van der Waals surface area (Å²) >= 11 is 0. The Morgan fingerprint density at radius 3 is 0.990 bits per heavy atom. The monoisotopic (exact) mass is 1260 g/mol. The molecule has 0 aliphatic heterocycles. The first-order valence-electron chi connectivity index (χ1n) is 32.0. The van der Waals surface area contributed by atoms with Crippen molar-refractivity contribution < 1.29 is 0 Å². The van der Waals surface area contributed by atoms with Gasteiger partial charge in [-0.15, -0.1) is 0 Å². The second-order valence-electron chi connectivity index (χ2n) is 24.3. The molecule has 0 fully saturated rings. The van der Waals surface area contributed by atoms with Crippen LogP contribution in [-0.2, 0) is 0 Å². The fraction of sp³-hybridized carbons (Fsp3) is 0. The van der Waals surface area contributed by atoms with Gasteiger partial charge in [0, 0.05) is 82.6 Å². The standard InChI is InChI=1S/C88H47N11/c89-48-54-37-63(50-91)85(64(38-54)51-92)60-33-35-83-75(43-60)76-44-61(86-65(52-93)39-55(49-90)40-66(86)53-94)34-36-84(76)99(83)87-73(58-21-15-23-67(41-58)97-79-29-11-7-25-69(79)70-26-8-12-30-80(70)97)45-62(78-47-77(56-17-3-1-4-18-56)95-88(96-78)57-19-5-2-6-20-57)46-74(87)59-22-16-24-68(42-59)98-81-31-13-9-27-71(81)72-28-10-14-32-82(72)98/h1-47H. The van der Waals surface area contributed by atoms with E-state index in [9.17, 15) is 31.6 Å². The van der Waals surface area contributed by atoms with Gasteiger partial charge in [-0.2, -0.15) is 31.6 Å². The Morgan fingerprint density at radius 1 is 0.242 bits per heavy atom. The largest absolute Gasteiger partial charge is 0.309 e. The Balaban J connectivity index is 1.04. The van der Waals surface area contributed by atoms with Gasteiger partial charge in [-0.25, -0.2) is 9.97 Å². The van der Waals surface area contributed by atoms with Crippen LogP contribution < -0.4 is 0 Å². The van der Waals surface area contributed by atoms with Crippen molar-refractivity contribution in [2.24, 2.45) is 0 Å². The second kappa shape index (κ2) is 23.7. The maximum Gasteiger partial charge on any atom is 0.160 e. The molecule has 99 heavy (non-hydrogen) atoms. The summed E-state index contributed by atoms with van der Waals surface area (Å²) in [5.41, 5.74) is 18.6. The summed E-state index contributed by atoms with van der Waals surface area (Å²) in [4.78, 5) is 10.8. The van der Waals surface area contributed by atoms with E-state index in [1.165, 1.54) is 24.3 Å². The van der Waals surface area contributed by atoms with Crippen LogP contribution in [0.3, 0.4) is 0 Å². The van der Waals surface area contributed by atoms with Crippen molar-refractivity contribution in [1.29, 1.82) is 31.6 Å². The number of para-hydroxylation sites is 4. The number of hydrogen-bond donors (Lipinski definition) is 0. The van der Waals surface area contributed by atoms with Crippen LogP contribution in [0.15, 0.2) is 285 Å². The minimum absolute atomic E-state index is 0.159. The Morgan fingerprint density at radius 2 is 0.596 bits per heavy atom. The number of rotatable bonds is 10. The molecule has 0 amide bonds. The lowest BCUT2D eigenvalue weighted by Gasteiger charge is -2.22. The van der Waals surface area contributed by atoms with Gasteiger partial charge in [0.2, 0.25) is 0 Å². The molecule has 0 spiro atoms. The Labute approximate surface area is 567 Å². The minimum atomic E-state index is 0.159. The van der Waals surface area contributed by atoms with Crippen LogP contribution in [0, 0.1) is 68.0 Å². The van der Waals surface area contributed by atoms with E-state index in [1.807, 2.05) is 84.9 Å². The highest BCUT2D eigenvalue weighted by Crippen LogP contribution is 2.48.